The molecular weight excluding hydrogens is 291 g/mol. The van der Waals surface area contributed by atoms with Crippen LogP contribution in [-0.4, -0.2) is 22.3 Å². The second kappa shape index (κ2) is 7.11. The molecule has 1 aromatic carbocycles. The number of anilines is 1. The number of allylic oxidation sites excluding steroid dienone is 6. The van der Waals surface area contributed by atoms with Gasteiger partial charge in [0.15, 0.2) is 0 Å². The van der Waals surface area contributed by atoms with E-state index in [1.165, 1.54) is 22.2 Å². The molecule has 0 aromatic heterocycles. The van der Waals surface area contributed by atoms with E-state index in [1.807, 2.05) is 7.05 Å². The van der Waals surface area contributed by atoms with Crippen LogP contribution in [0.3, 0.4) is 0 Å². The zero-order chi connectivity index (χ0) is 15.7. The second-order valence-electron chi connectivity index (χ2n) is 6.34. The van der Waals surface area contributed by atoms with Crippen molar-refractivity contribution in [1.82, 2.24) is 0 Å². The Bertz CT molecular complexity index is 687. The van der Waals surface area contributed by atoms with Gasteiger partial charge in [0.2, 0.25) is 0 Å². The Morgan fingerprint density at radius 1 is 1.09 bits per heavy atom. The average Bonchev–Trinajstić information content (AvgIpc) is 2.95. The van der Waals surface area contributed by atoms with Crippen LogP contribution in [0.2, 0.25) is 13.1 Å². The Balaban J connectivity index is 0.00000192. The van der Waals surface area contributed by atoms with Crippen molar-refractivity contribution in [3.63, 3.8) is 0 Å². The van der Waals surface area contributed by atoms with Gasteiger partial charge in [-0.15, -0.1) is 0 Å². The zero-order valence-electron chi connectivity index (χ0n) is 14.7. The first-order chi connectivity index (χ1) is 10.5. The summed E-state index contributed by atoms with van der Waals surface area (Å²) >= 11 is 0. The predicted molar refractivity (Wildman–Crippen MR) is 98.5 cm³/mol. The van der Waals surface area contributed by atoms with Gasteiger partial charge in [-0.3, -0.25) is 0 Å². The first kappa shape index (κ1) is 18.1. The van der Waals surface area contributed by atoms with E-state index >= 15 is 0 Å². The quantitative estimate of drug-likeness (QED) is 0.775. The summed E-state index contributed by atoms with van der Waals surface area (Å²) in [7, 11) is 2.40. The minimum atomic E-state index is -1.72. The van der Waals surface area contributed by atoms with Crippen LogP contribution >= 0.6 is 0 Å². The summed E-state index contributed by atoms with van der Waals surface area (Å²) in [6.07, 6.45) is 11.2. The summed E-state index contributed by atoms with van der Waals surface area (Å²) in [5.41, 5.74) is 4.01. The van der Waals surface area contributed by atoms with Crippen molar-refractivity contribution in [3.05, 3.63) is 82.2 Å². The van der Waals surface area contributed by atoms with Crippen LogP contribution in [0.25, 0.3) is 4.98 Å². The minimum Gasteiger partial charge on any atom is -0.664 e. The number of nitrogens with zero attached hydrogens (tertiary/aromatic N) is 2. The summed E-state index contributed by atoms with van der Waals surface area (Å²) < 4.78 is 0. The molecule has 0 N–H and O–H groups in total. The van der Waals surface area contributed by atoms with Gasteiger partial charge in [-0.05, 0) is 32.0 Å². The molecule has 4 heteroatoms. The third kappa shape index (κ3) is 3.34. The van der Waals surface area contributed by atoms with E-state index in [9.17, 15) is 0 Å². The monoisotopic (exact) mass is 314 g/mol. The average molecular weight is 314 g/mol. The number of hydrogen-bond acceptors (Lipinski definition) is 1. The summed E-state index contributed by atoms with van der Waals surface area (Å²) in [4.78, 5) is 7.03. The largest absolute Gasteiger partial charge is 1.00 e. The van der Waals surface area contributed by atoms with Crippen LogP contribution in [0.4, 0.5) is 5.69 Å². The first-order valence-electron chi connectivity index (χ1n) is 7.75. The smallest absolute Gasteiger partial charge is 0.664 e. The Morgan fingerprint density at radius 3 is 2.43 bits per heavy atom. The maximum Gasteiger partial charge on any atom is 1.00 e. The standard InChI is InChI=1S/C19H23N2Si.Li/c1-20-22(3,4)19-14-18(16-12-8-9-13-17(16)19)21(2)15-10-6-5-7-11-15;/h5-14,16H,1-4H3;/q-1;+1. The fourth-order valence-corrected chi connectivity index (χ4v) is 4.82. The molecule has 114 valence electrons. The van der Waals surface area contributed by atoms with Gasteiger partial charge in [-0.2, -0.15) is 7.05 Å². The molecular formula is C19H23LiN2Si. The molecule has 0 saturated heterocycles. The molecule has 0 aliphatic heterocycles. The van der Waals surface area contributed by atoms with Crippen molar-refractivity contribution in [1.29, 1.82) is 0 Å². The molecule has 0 heterocycles. The fraction of sp³-hybridized carbons (Fsp3) is 0.263. The molecule has 0 saturated carbocycles. The van der Waals surface area contributed by atoms with Crippen LogP contribution in [0.5, 0.6) is 0 Å². The molecule has 1 atom stereocenters. The van der Waals surface area contributed by atoms with Gasteiger partial charge in [0.25, 0.3) is 0 Å². The van der Waals surface area contributed by atoms with Crippen molar-refractivity contribution in [2.24, 2.45) is 5.92 Å². The van der Waals surface area contributed by atoms with Crippen molar-refractivity contribution >= 4 is 13.9 Å². The summed E-state index contributed by atoms with van der Waals surface area (Å²) in [5, 5.41) is 1.46. The molecule has 1 unspecified atom stereocenters. The molecule has 2 nitrogen and oxygen atoms in total. The molecule has 2 aliphatic carbocycles. The third-order valence-electron chi connectivity index (χ3n) is 4.70. The van der Waals surface area contributed by atoms with Gasteiger partial charge in [0, 0.05) is 24.4 Å². The van der Waals surface area contributed by atoms with Crippen molar-refractivity contribution in [2.75, 3.05) is 19.0 Å². The molecule has 0 amide bonds. The van der Waals surface area contributed by atoms with Crippen LogP contribution in [0.15, 0.2) is 77.2 Å². The molecule has 0 bridgehead atoms. The summed E-state index contributed by atoms with van der Waals surface area (Å²) in [6.45, 7) is 4.64. The van der Waals surface area contributed by atoms with E-state index in [0.29, 0.717) is 5.92 Å². The van der Waals surface area contributed by atoms with Crippen LogP contribution in [-0.2, 0) is 0 Å². The maximum absolute atomic E-state index is 4.72. The Morgan fingerprint density at radius 2 is 1.78 bits per heavy atom. The number of hydrogen-bond donors (Lipinski definition) is 0. The molecule has 23 heavy (non-hydrogen) atoms. The van der Waals surface area contributed by atoms with Crippen molar-refractivity contribution in [3.8, 4) is 0 Å². The van der Waals surface area contributed by atoms with Gasteiger partial charge >= 0.3 is 18.9 Å². The third-order valence-corrected chi connectivity index (χ3v) is 7.57. The van der Waals surface area contributed by atoms with Crippen LogP contribution in [0.1, 0.15) is 0 Å². The topological polar surface area (TPSA) is 17.3 Å². The first-order valence-corrected chi connectivity index (χ1v) is 10.7. The number of para-hydroxylation sites is 1. The SMILES string of the molecule is C[N-][Si](C)(C)C1=C2C=CC=CC2C(N(C)c2ccccc2)=C1.[Li+]. The predicted octanol–water partition coefficient (Wildman–Crippen LogP) is 1.81. The van der Waals surface area contributed by atoms with Gasteiger partial charge in [-0.25, -0.2) is 0 Å². The van der Waals surface area contributed by atoms with E-state index in [0.717, 1.165) is 0 Å². The molecule has 3 rings (SSSR count). The molecule has 0 spiro atoms. The van der Waals surface area contributed by atoms with E-state index in [4.69, 9.17) is 4.98 Å². The van der Waals surface area contributed by atoms with Gasteiger partial charge in [-0.1, -0.05) is 60.8 Å². The van der Waals surface area contributed by atoms with Crippen LogP contribution in [0, 0.1) is 5.92 Å². The van der Waals surface area contributed by atoms with E-state index < -0.39 is 8.24 Å². The van der Waals surface area contributed by atoms with E-state index in [-0.39, 0.29) is 18.9 Å². The fourth-order valence-electron chi connectivity index (χ4n) is 3.13. The summed E-state index contributed by atoms with van der Waals surface area (Å²) in [6, 6.07) is 10.6. The van der Waals surface area contributed by atoms with Crippen molar-refractivity contribution < 1.29 is 18.9 Å². The van der Waals surface area contributed by atoms with Gasteiger partial charge in [0.1, 0.15) is 0 Å². The number of fused-ring (bicyclic) bond motifs is 1. The molecule has 1 aromatic rings. The molecule has 2 aliphatic rings. The molecule has 0 radical (unpaired) electrons. The van der Waals surface area contributed by atoms with E-state index in [2.05, 4.69) is 85.8 Å². The summed E-state index contributed by atoms with van der Waals surface area (Å²) in [5.74, 6) is 0.360. The van der Waals surface area contributed by atoms with Crippen molar-refractivity contribution in [2.45, 2.75) is 13.1 Å². The number of rotatable bonds is 4. The number of benzene rings is 1. The Kier molecular flexibility index (Phi) is 5.59. The van der Waals surface area contributed by atoms with Gasteiger partial charge in [0.05, 0.1) is 0 Å². The normalized spacial score (nSPS) is 19.3. The maximum atomic E-state index is 4.72. The molecule has 0 fully saturated rings. The zero-order valence-corrected chi connectivity index (χ0v) is 15.7. The van der Waals surface area contributed by atoms with Crippen LogP contribution < -0.4 is 23.8 Å². The minimum absolute atomic E-state index is 0. The van der Waals surface area contributed by atoms with Gasteiger partial charge < -0.3 is 9.88 Å². The Labute approximate surface area is 152 Å². The second-order valence-corrected chi connectivity index (χ2v) is 10.4. The Hall–Kier alpha value is -1.25. The van der Waals surface area contributed by atoms with E-state index in [1.54, 1.807) is 0 Å².